The molecule has 1 saturated heterocycles. The van der Waals surface area contributed by atoms with Crippen LogP contribution in [0, 0.1) is 5.41 Å². The van der Waals surface area contributed by atoms with Crippen molar-refractivity contribution in [3.8, 4) is 0 Å². The minimum absolute atomic E-state index is 0.106. The highest BCUT2D eigenvalue weighted by Gasteiger charge is 2.43. The van der Waals surface area contributed by atoms with Crippen molar-refractivity contribution >= 4 is 11.9 Å². The van der Waals surface area contributed by atoms with E-state index in [1.54, 1.807) is 0 Å². The largest absolute Gasteiger partial charge is 0.444 e. The maximum Gasteiger partial charge on any atom is 0.410 e. The highest BCUT2D eigenvalue weighted by Crippen LogP contribution is 2.28. The lowest BCUT2D eigenvalue weighted by molar-refractivity contribution is -0.136. The molecule has 0 radical (unpaired) electrons. The molecule has 98 valence electrons. The van der Waals surface area contributed by atoms with Crippen LogP contribution in [-0.2, 0) is 9.53 Å². The lowest BCUT2D eigenvalue weighted by atomic mass is 9.82. The van der Waals surface area contributed by atoms with E-state index in [4.69, 9.17) is 4.74 Å². The van der Waals surface area contributed by atoms with Crippen molar-refractivity contribution in [2.24, 2.45) is 5.41 Å². The van der Waals surface area contributed by atoms with Crippen LogP contribution in [-0.4, -0.2) is 35.0 Å². The first-order chi connectivity index (χ1) is 7.52. The van der Waals surface area contributed by atoms with Gasteiger partial charge in [0.05, 0.1) is 6.04 Å². The molecule has 0 N–H and O–H groups in total. The van der Waals surface area contributed by atoms with Crippen molar-refractivity contribution in [2.75, 3.05) is 6.54 Å². The molecule has 0 aromatic carbocycles. The van der Waals surface area contributed by atoms with Crippen LogP contribution in [0.1, 0.15) is 48.0 Å². The van der Waals surface area contributed by atoms with Gasteiger partial charge in [0, 0.05) is 12.0 Å². The normalized spacial score (nSPS) is 20.8. The van der Waals surface area contributed by atoms with Crippen LogP contribution in [0.4, 0.5) is 4.79 Å². The van der Waals surface area contributed by atoms with Gasteiger partial charge < -0.3 is 4.74 Å². The quantitative estimate of drug-likeness (QED) is 0.709. The molecule has 4 nitrogen and oxygen atoms in total. The Kier molecular flexibility index (Phi) is 3.55. The topological polar surface area (TPSA) is 46.6 Å². The van der Waals surface area contributed by atoms with Crippen LogP contribution in [0.5, 0.6) is 0 Å². The second kappa shape index (κ2) is 4.31. The molecule has 0 unspecified atom stereocenters. The molecule has 1 atom stereocenters. The summed E-state index contributed by atoms with van der Waals surface area (Å²) in [7, 11) is 0. The molecule has 1 aliphatic heterocycles. The number of hydrogen-bond acceptors (Lipinski definition) is 3. The number of carbonyl (C=O) groups excluding carboxylic acids is 2. The first-order valence-electron chi connectivity index (χ1n) is 6.06. The summed E-state index contributed by atoms with van der Waals surface area (Å²) < 4.78 is 5.27. The van der Waals surface area contributed by atoms with Crippen LogP contribution in [0.3, 0.4) is 0 Å². The highest BCUT2D eigenvalue weighted by molar-refractivity contribution is 5.92. The minimum Gasteiger partial charge on any atom is -0.444 e. The molecule has 1 amide bonds. The summed E-state index contributed by atoms with van der Waals surface area (Å²) in [5.74, 6) is 0.106. The summed E-state index contributed by atoms with van der Waals surface area (Å²) in [6.45, 7) is 11.7. The summed E-state index contributed by atoms with van der Waals surface area (Å²) >= 11 is 0. The lowest BCUT2D eigenvalue weighted by Gasteiger charge is -2.42. The molecule has 0 spiro atoms. The number of hydrogen-bond donors (Lipinski definition) is 0. The van der Waals surface area contributed by atoms with Gasteiger partial charge in [0.1, 0.15) is 5.60 Å². The Balaban J connectivity index is 2.64. The van der Waals surface area contributed by atoms with Gasteiger partial charge in [-0.2, -0.15) is 0 Å². The Morgan fingerprint density at radius 3 is 1.94 bits per heavy atom. The SMILES string of the molecule is CC(C)(C)OC(=O)N1CC[C@H]1C(=O)C(C)(C)C. The Hall–Kier alpha value is -1.06. The van der Waals surface area contributed by atoms with Gasteiger partial charge in [0.2, 0.25) is 0 Å². The van der Waals surface area contributed by atoms with E-state index in [1.165, 1.54) is 4.90 Å². The predicted molar refractivity (Wildman–Crippen MR) is 65.8 cm³/mol. The third-order valence-corrected chi connectivity index (χ3v) is 2.69. The van der Waals surface area contributed by atoms with Gasteiger partial charge in [0.15, 0.2) is 5.78 Å². The van der Waals surface area contributed by atoms with Gasteiger partial charge in [0.25, 0.3) is 0 Å². The van der Waals surface area contributed by atoms with E-state index in [9.17, 15) is 9.59 Å². The first-order valence-corrected chi connectivity index (χ1v) is 6.06. The van der Waals surface area contributed by atoms with Gasteiger partial charge in [-0.25, -0.2) is 4.79 Å². The van der Waals surface area contributed by atoms with Crippen molar-refractivity contribution < 1.29 is 14.3 Å². The summed E-state index contributed by atoms with van der Waals surface area (Å²) in [4.78, 5) is 25.4. The van der Waals surface area contributed by atoms with Gasteiger partial charge in [-0.05, 0) is 27.2 Å². The van der Waals surface area contributed by atoms with Crippen LogP contribution >= 0.6 is 0 Å². The average molecular weight is 241 g/mol. The van der Waals surface area contributed by atoms with Gasteiger partial charge >= 0.3 is 6.09 Å². The molecule has 0 aromatic heterocycles. The molecule has 1 rings (SSSR count). The second-order valence-corrected chi connectivity index (χ2v) is 6.59. The maximum absolute atomic E-state index is 12.1. The smallest absolute Gasteiger partial charge is 0.410 e. The van der Waals surface area contributed by atoms with Crippen LogP contribution in [0.25, 0.3) is 0 Å². The number of ether oxygens (including phenoxy) is 1. The number of carbonyl (C=O) groups is 2. The Morgan fingerprint density at radius 2 is 1.65 bits per heavy atom. The number of amides is 1. The first kappa shape index (κ1) is 14.0. The van der Waals surface area contributed by atoms with E-state index < -0.39 is 11.0 Å². The highest BCUT2D eigenvalue weighted by atomic mass is 16.6. The van der Waals surface area contributed by atoms with Crippen LogP contribution in [0.2, 0.25) is 0 Å². The van der Waals surface area contributed by atoms with Crippen molar-refractivity contribution in [1.82, 2.24) is 4.90 Å². The molecule has 1 heterocycles. The fraction of sp³-hybridized carbons (Fsp3) is 0.846. The zero-order chi connectivity index (χ0) is 13.4. The second-order valence-electron chi connectivity index (χ2n) is 6.59. The zero-order valence-corrected chi connectivity index (χ0v) is 11.7. The molecule has 4 heteroatoms. The summed E-state index contributed by atoms with van der Waals surface area (Å²) in [5.41, 5.74) is -0.923. The fourth-order valence-electron chi connectivity index (χ4n) is 1.70. The van der Waals surface area contributed by atoms with Crippen molar-refractivity contribution in [3.05, 3.63) is 0 Å². The Morgan fingerprint density at radius 1 is 1.12 bits per heavy atom. The summed E-state index contributed by atoms with van der Waals surface area (Å²) in [5, 5.41) is 0. The fourth-order valence-corrected chi connectivity index (χ4v) is 1.70. The van der Waals surface area contributed by atoms with Gasteiger partial charge in [-0.15, -0.1) is 0 Å². The van der Waals surface area contributed by atoms with E-state index in [1.807, 2.05) is 41.5 Å². The monoisotopic (exact) mass is 241 g/mol. The van der Waals surface area contributed by atoms with Crippen LogP contribution in [0.15, 0.2) is 0 Å². The molecule has 0 aromatic rings. The summed E-state index contributed by atoms with van der Waals surface area (Å²) in [6, 6.07) is -0.301. The molecule has 0 aliphatic carbocycles. The molecule has 1 aliphatic rings. The van der Waals surface area contributed by atoms with Crippen molar-refractivity contribution in [3.63, 3.8) is 0 Å². The lowest BCUT2D eigenvalue weighted by Crippen LogP contribution is -2.58. The predicted octanol–water partition coefficient (Wildman–Crippen LogP) is 2.61. The zero-order valence-electron chi connectivity index (χ0n) is 11.7. The van der Waals surface area contributed by atoms with E-state index in [0.29, 0.717) is 6.54 Å². The molecular weight excluding hydrogens is 218 g/mol. The standard InChI is InChI=1S/C13H23NO3/c1-12(2,3)10(15)9-7-8-14(9)11(16)17-13(4,5)6/h9H,7-8H2,1-6H3/t9-/m0/s1. The average Bonchev–Trinajstić information content (AvgIpc) is 1.95. The van der Waals surface area contributed by atoms with E-state index in [-0.39, 0.29) is 17.9 Å². The third kappa shape index (κ3) is 3.45. The summed E-state index contributed by atoms with van der Waals surface area (Å²) in [6.07, 6.45) is 0.362. The molecule has 0 saturated carbocycles. The van der Waals surface area contributed by atoms with E-state index >= 15 is 0 Å². The van der Waals surface area contributed by atoms with Gasteiger partial charge in [-0.1, -0.05) is 20.8 Å². The number of Topliss-reactive ketones (excluding diaryl/α,β-unsaturated/α-hetero) is 1. The number of likely N-dealkylation sites (tertiary alicyclic amines) is 1. The minimum atomic E-state index is -0.512. The number of rotatable bonds is 1. The molecule has 0 bridgehead atoms. The third-order valence-electron chi connectivity index (χ3n) is 2.69. The van der Waals surface area contributed by atoms with E-state index in [0.717, 1.165) is 6.42 Å². The molecular formula is C13H23NO3. The van der Waals surface area contributed by atoms with Crippen molar-refractivity contribution in [2.45, 2.75) is 59.6 Å². The van der Waals surface area contributed by atoms with E-state index in [2.05, 4.69) is 0 Å². The van der Waals surface area contributed by atoms with Gasteiger partial charge in [-0.3, -0.25) is 9.69 Å². The van der Waals surface area contributed by atoms with Crippen LogP contribution < -0.4 is 0 Å². The molecule has 17 heavy (non-hydrogen) atoms. The molecule has 1 fully saturated rings. The Bertz CT molecular complexity index is 323. The van der Waals surface area contributed by atoms with Crippen molar-refractivity contribution in [1.29, 1.82) is 0 Å². The number of nitrogens with zero attached hydrogens (tertiary/aromatic N) is 1. The maximum atomic E-state index is 12.1. The number of ketones is 1. The Labute approximate surface area is 103 Å².